The third-order valence-electron chi connectivity index (χ3n) is 6.49. The van der Waals surface area contributed by atoms with Gasteiger partial charge in [-0.2, -0.15) is 0 Å². The fourth-order valence-electron chi connectivity index (χ4n) is 4.93. The highest BCUT2D eigenvalue weighted by atomic mass is 16.5. The van der Waals surface area contributed by atoms with Gasteiger partial charge >= 0.3 is 5.97 Å². The largest absolute Gasteiger partial charge is 0.456 e. The van der Waals surface area contributed by atoms with E-state index >= 15 is 0 Å². The predicted octanol–water partition coefficient (Wildman–Crippen LogP) is 4.91. The Balaban J connectivity index is 1.68. The first-order valence-electron chi connectivity index (χ1n) is 10.6. The number of carbonyl (C=O) groups is 1. The quantitative estimate of drug-likeness (QED) is 0.507. The summed E-state index contributed by atoms with van der Waals surface area (Å²) in [4.78, 5) is 19.6. The van der Waals surface area contributed by atoms with Crippen LogP contribution in [0.4, 0.5) is 0 Å². The lowest BCUT2D eigenvalue weighted by molar-refractivity contribution is -0.157. The van der Waals surface area contributed by atoms with Crippen molar-refractivity contribution in [1.82, 2.24) is 9.88 Å². The number of nitrogens with zero attached hydrogens (tertiary/aromatic N) is 2. The number of carbonyl (C=O) groups excluding carboxylic acids is 1. The maximum absolute atomic E-state index is 12.6. The average molecular weight is 379 g/mol. The van der Waals surface area contributed by atoms with Gasteiger partial charge in [-0.3, -0.25) is 14.7 Å². The molecule has 0 N–H and O–H groups in total. The van der Waals surface area contributed by atoms with Crippen molar-refractivity contribution < 1.29 is 9.53 Å². The van der Waals surface area contributed by atoms with Crippen LogP contribution in [-0.4, -0.2) is 35.0 Å². The second-order valence-electron chi connectivity index (χ2n) is 8.18. The zero-order valence-electron chi connectivity index (χ0n) is 16.7. The van der Waals surface area contributed by atoms with Gasteiger partial charge in [0.1, 0.15) is 6.10 Å². The van der Waals surface area contributed by atoms with Crippen LogP contribution in [0.5, 0.6) is 0 Å². The standard InChI is InChI=1S/C24H30N2O2/c1-3-5-10-23(27)28-24(20-11-13-25-21-9-7-6-8-19(20)21)22-15-18-12-14-26(22)16-17(18)4-2/h4,6-9,11,13,17-18,22,24H,2-3,5,10,12,14-16H2,1H3/t17-,18-,22-,24+/m0/s1. The van der Waals surface area contributed by atoms with E-state index in [2.05, 4.69) is 35.5 Å². The summed E-state index contributed by atoms with van der Waals surface area (Å²) in [6, 6.07) is 10.4. The van der Waals surface area contributed by atoms with Crippen molar-refractivity contribution in [3.8, 4) is 0 Å². The van der Waals surface area contributed by atoms with Gasteiger partial charge in [0.2, 0.25) is 0 Å². The number of para-hydroxylation sites is 1. The Bertz CT molecular complexity index is 844. The molecule has 28 heavy (non-hydrogen) atoms. The molecule has 0 spiro atoms. The number of benzene rings is 1. The molecule has 3 saturated heterocycles. The molecular formula is C24H30N2O2. The zero-order valence-corrected chi connectivity index (χ0v) is 16.7. The highest BCUT2D eigenvalue weighted by Gasteiger charge is 2.44. The van der Waals surface area contributed by atoms with Crippen LogP contribution in [-0.2, 0) is 9.53 Å². The highest BCUT2D eigenvalue weighted by molar-refractivity contribution is 5.82. The molecule has 2 aromatic rings. The molecule has 4 heterocycles. The number of esters is 1. The lowest BCUT2D eigenvalue weighted by Crippen LogP contribution is -2.55. The first-order chi connectivity index (χ1) is 13.7. The summed E-state index contributed by atoms with van der Waals surface area (Å²) in [6.07, 6.45) is 8.33. The summed E-state index contributed by atoms with van der Waals surface area (Å²) in [7, 11) is 0. The number of fused-ring (bicyclic) bond motifs is 4. The Labute approximate surface area is 167 Å². The van der Waals surface area contributed by atoms with Gasteiger partial charge in [0.05, 0.1) is 11.6 Å². The van der Waals surface area contributed by atoms with Crippen molar-refractivity contribution in [3.05, 3.63) is 54.7 Å². The molecule has 5 rings (SSSR count). The van der Waals surface area contributed by atoms with Crippen LogP contribution < -0.4 is 0 Å². The Kier molecular flexibility index (Phi) is 5.77. The van der Waals surface area contributed by atoms with Crippen LogP contribution in [0.15, 0.2) is 49.2 Å². The Hall–Kier alpha value is -2.20. The predicted molar refractivity (Wildman–Crippen MR) is 112 cm³/mol. The first-order valence-corrected chi connectivity index (χ1v) is 10.6. The van der Waals surface area contributed by atoms with Crippen LogP contribution in [0, 0.1) is 11.8 Å². The molecule has 148 valence electrons. The second kappa shape index (κ2) is 8.44. The number of ether oxygens (including phenoxy) is 1. The van der Waals surface area contributed by atoms with Gasteiger partial charge in [0.15, 0.2) is 0 Å². The van der Waals surface area contributed by atoms with Crippen molar-refractivity contribution in [1.29, 1.82) is 0 Å². The summed E-state index contributed by atoms with van der Waals surface area (Å²) >= 11 is 0. The molecule has 3 aliphatic heterocycles. The van der Waals surface area contributed by atoms with Crippen LogP contribution in [0.1, 0.15) is 50.7 Å². The van der Waals surface area contributed by atoms with Gasteiger partial charge in [0.25, 0.3) is 0 Å². The Morgan fingerprint density at radius 2 is 2.25 bits per heavy atom. The van der Waals surface area contributed by atoms with Gasteiger partial charge in [0, 0.05) is 30.1 Å². The van der Waals surface area contributed by atoms with E-state index in [0.29, 0.717) is 18.3 Å². The lowest BCUT2D eigenvalue weighted by Gasteiger charge is -2.51. The monoisotopic (exact) mass is 378 g/mol. The molecule has 1 unspecified atom stereocenters. The third-order valence-corrected chi connectivity index (χ3v) is 6.49. The molecule has 4 heteroatoms. The van der Waals surface area contributed by atoms with Gasteiger partial charge in [-0.05, 0) is 49.8 Å². The lowest BCUT2D eigenvalue weighted by atomic mass is 9.73. The number of unbranched alkanes of at least 4 members (excludes halogenated alkanes) is 1. The van der Waals surface area contributed by atoms with E-state index in [1.807, 2.05) is 30.5 Å². The number of aromatic nitrogens is 1. The number of rotatable bonds is 7. The Morgan fingerprint density at radius 1 is 1.39 bits per heavy atom. The van der Waals surface area contributed by atoms with Crippen molar-refractivity contribution >= 4 is 16.9 Å². The third kappa shape index (κ3) is 3.70. The minimum Gasteiger partial charge on any atom is -0.456 e. The number of hydrogen-bond acceptors (Lipinski definition) is 4. The number of piperidine rings is 3. The zero-order chi connectivity index (χ0) is 19.5. The highest BCUT2D eigenvalue weighted by Crippen LogP contribution is 2.43. The maximum Gasteiger partial charge on any atom is 0.306 e. The van der Waals surface area contributed by atoms with Gasteiger partial charge in [-0.25, -0.2) is 0 Å². The minimum atomic E-state index is -0.245. The second-order valence-corrected chi connectivity index (χ2v) is 8.18. The summed E-state index contributed by atoms with van der Waals surface area (Å²) in [5.74, 6) is 1.10. The summed E-state index contributed by atoms with van der Waals surface area (Å²) < 4.78 is 6.17. The van der Waals surface area contributed by atoms with E-state index in [4.69, 9.17) is 4.74 Å². The molecule has 0 amide bonds. The summed E-state index contributed by atoms with van der Waals surface area (Å²) in [5.41, 5.74) is 2.04. The van der Waals surface area contributed by atoms with E-state index in [1.54, 1.807) is 0 Å². The van der Waals surface area contributed by atoms with E-state index in [-0.39, 0.29) is 18.1 Å². The van der Waals surface area contributed by atoms with Crippen molar-refractivity contribution in [2.45, 2.75) is 51.2 Å². The number of pyridine rings is 1. The molecular weight excluding hydrogens is 348 g/mol. The van der Waals surface area contributed by atoms with Crippen molar-refractivity contribution in [2.75, 3.05) is 13.1 Å². The minimum absolute atomic E-state index is 0.0874. The maximum atomic E-state index is 12.6. The molecule has 2 bridgehead atoms. The van der Waals surface area contributed by atoms with Crippen LogP contribution in [0.25, 0.3) is 10.9 Å². The van der Waals surface area contributed by atoms with Gasteiger partial charge < -0.3 is 4.74 Å². The molecule has 1 aromatic heterocycles. The van der Waals surface area contributed by atoms with E-state index in [0.717, 1.165) is 48.8 Å². The normalized spacial score (nSPS) is 27.5. The first kappa shape index (κ1) is 19.1. The van der Waals surface area contributed by atoms with E-state index in [9.17, 15) is 4.79 Å². The van der Waals surface area contributed by atoms with Crippen molar-refractivity contribution in [3.63, 3.8) is 0 Å². The average Bonchev–Trinajstić information content (AvgIpc) is 2.76. The van der Waals surface area contributed by atoms with Crippen molar-refractivity contribution in [2.24, 2.45) is 11.8 Å². The molecule has 0 radical (unpaired) electrons. The fourth-order valence-corrected chi connectivity index (χ4v) is 4.93. The summed E-state index contributed by atoms with van der Waals surface area (Å²) in [6.45, 7) is 8.23. The molecule has 3 aliphatic rings. The molecule has 5 atom stereocenters. The van der Waals surface area contributed by atoms with Crippen LogP contribution >= 0.6 is 0 Å². The topological polar surface area (TPSA) is 42.4 Å². The molecule has 1 aromatic carbocycles. The number of hydrogen-bond donors (Lipinski definition) is 0. The smallest absolute Gasteiger partial charge is 0.306 e. The molecule has 3 fully saturated rings. The van der Waals surface area contributed by atoms with E-state index < -0.39 is 0 Å². The SMILES string of the molecule is C=C[C@H]1CN2CC[C@H]1C[C@H]2[C@H](OC(=O)CCCC)c1ccnc2ccccc12. The molecule has 4 nitrogen and oxygen atoms in total. The molecule has 0 aliphatic carbocycles. The Morgan fingerprint density at radius 3 is 3.00 bits per heavy atom. The fraction of sp³-hybridized carbons (Fsp3) is 0.500. The van der Waals surface area contributed by atoms with Crippen LogP contribution in [0.2, 0.25) is 0 Å². The van der Waals surface area contributed by atoms with Gasteiger partial charge in [-0.1, -0.05) is 37.6 Å². The molecule has 0 saturated carbocycles. The van der Waals surface area contributed by atoms with Gasteiger partial charge in [-0.15, -0.1) is 6.58 Å². The van der Waals surface area contributed by atoms with Crippen LogP contribution in [0.3, 0.4) is 0 Å². The van der Waals surface area contributed by atoms with E-state index in [1.165, 1.54) is 6.42 Å². The summed E-state index contributed by atoms with van der Waals surface area (Å²) in [5, 5.41) is 1.08.